The first-order valence-electron chi connectivity index (χ1n) is 9.00. The highest BCUT2D eigenvalue weighted by molar-refractivity contribution is 5.85. The summed E-state index contributed by atoms with van der Waals surface area (Å²) >= 11 is 0. The second kappa shape index (κ2) is 12.7. The van der Waals surface area contributed by atoms with Gasteiger partial charge in [-0.05, 0) is 18.4 Å². The van der Waals surface area contributed by atoms with Crippen LogP contribution in [0.2, 0.25) is 0 Å². The maximum atomic E-state index is 12.4. The smallest absolute Gasteiger partial charge is 0.236 e. The molecular weight excluding hydrogens is 354 g/mol. The average molecular weight is 384 g/mol. The monoisotopic (exact) mass is 383 g/mol. The lowest BCUT2D eigenvalue weighted by Gasteiger charge is -2.22. The highest BCUT2D eigenvalue weighted by Crippen LogP contribution is 2.08. The topological polar surface area (TPSA) is 61.9 Å². The SMILES string of the molecule is COCCNCC(=O)N1CCCN(C(=O)CCc2ccccc2)CC1.Cl. The minimum Gasteiger partial charge on any atom is -0.383 e. The number of carbonyl (C=O) groups is 2. The highest BCUT2D eigenvalue weighted by Gasteiger charge is 2.21. The van der Waals surface area contributed by atoms with E-state index in [2.05, 4.69) is 5.32 Å². The molecule has 1 aliphatic rings. The summed E-state index contributed by atoms with van der Waals surface area (Å²) in [5, 5.41) is 3.08. The summed E-state index contributed by atoms with van der Waals surface area (Å²) in [5.41, 5.74) is 1.18. The summed E-state index contributed by atoms with van der Waals surface area (Å²) in [5.74, 6) is 0.269. The molecule has 0 aliphatic carbocycles. The van der Waals surface area contributed by atoms with Gasteiger partial charge in [0.05, 0.1) is 13.2 Å². The predicted molar refractivity (Wildman–Crippen MR) is 105 cm³/mol. The number of rotatable bonds is 8. The maximum Gasteiger partial charge on any atom is 0.236 e. The molecule has 0 spiro atoms. The van der Waals surface area contributed by atoms with E-state index in [0.717, 1.165) is 19.4 Å². The summed E-state index contributed by atoms with van der Waals surface area (Å²) in [6.07, 6.45) is 2.12. The zero-order chi connectivity index (χ0) is 17.9. The molecule has 0 unspecified atom stereocenters. The first kappa shape index (κ1) is 22.4. The van der Waals surface area contributed by atoms with Gasteiger partial charge in [-0.1, -0.05) is 30.3 Å². The molecular formula is C19H30ClN3O3. The highest BCUT2D eigenvalue weighted by atomic mass is 35.5. The summed E-state index contributed by atoms with van der Waals surface area (Å²) in [6.45, 7) is 4.27. The van der Waals surface area contributed by atoms with Crippen LogP contribution >= 0.6 is 12.4 Å². The molecule has 2 rings (SSSR count). The molecule has 0 bridgehead atoms. The van der Waals surface area contributed by atoms with Crippen molar-refractivity contribution in [2.45, 2.75) is 19.3 Å². The van der Waals surface area contributed by atoms with Crippen LogP contribution in [0.5, 0.6) is 0 Å². The molecule has 1 heterocycles. The van der Waals surface area contributed by atoms with Crippen LogP contribution in [-0.2, 0) is 20.7 Å². The Bertz CT molecular complexity index is 542. The Labute approximate surface area is 162 Å². The number of amides is 2. The average Bonchev–Trinajstić information content (AvgIpc) is 2.90. The van der Waals surface area contributed by atoms with Gasteiger partial charge < -0.3 is 19.9 Å². The van der Waals surface area contributed by atoms with Crippen LogP contribution in [0.3, 0.4) is 0 Å². The van der Waals surface area contributed by atoms with Crippen molar-refractivity contribution in [1.29, 1.82) is 0 Å². The largest absolute Gasteiger partial charge is 0.383 e. The third-order valence-electron chi connectivity index (χ3n) is 4.43. The van der Waals surface area contributed by atoms with Crippen LogP contribution in [0, 0.1) is 0 Å². The van der Waals surface area contributed by atoms with E-state index in [1.54, 1.807) is 7.11 Å². The number of hydrogen-bond donors (Lipinski definition) is 1. The van der Waals surface area contributed by atoms with Gasteiger partial charge in [0.2, 0.25) is 11.8 Å². The molecule has 1 aromatic rings. The lowest BCUT2D eigenvalue weighted by molar-refractivity contribution is -0.133. The maximum absolute atomic E-state index is 12.4. The summed E-state index contributed by atoms with van der Waals surface area (Å²) in [6, 6.07) is 10.1. The Morgan fingerprint density at radius 2 is 1.69 bits per heavy atom. The number of methoxy groups -OCH3 is 1. The van der Waals surface area contributed by atoms with E-state index in [0.29, 0.717) is 45.8 Å². The summed E-state index contributed by atoms with van der Waals surface area (Å²) in [7, 11) is 1.64. The van der Waals surface area contributed by atoms with Gasteiger partial charge in [-0.25, -0.2) is 0 Å². The first-order valence-corrected chi connectivity index (χ1v) is 9.00. The molecule has 1 saturated heterocycles. The van der Waals surface area contributed by atoms with Crippen molar-refractivity contribution in [2.75, 3.05) is 53.0 Å². The second-order valence-corrected chi connectivity index (χ2v) is 6.27. The molecule has 1 N–H and O–H groups in total. The minimum atomic E-state index is 0. The molecule has 26 heavy (non-hydrogen) atoms. The Morgan fingerprint density at radius 1 is 1.04 bits per heavy atom. The van der Waals surface area contributed by atoms with Crippen molar-refractivity contribution < 1.29 is 14.3 Å². The predicted octanol–water partition coefficient (Wildman–Crippen LogP) is 1.34. The van der Waals surface area contributed by atoms with Crippen LogP contribution in [0.15, 0.2) is 30.3 Å². The number of halogens is 1. The second-order valence-electron chi connectivity index (χ2n) is 6.27. The summed E-state index contributed by atoms with van der Waals surface area (Å²) < 4.78 is 4.95. The van der Waals surface area contributed by atoms with Crippen LogP contribution in [0.1, 0.15) is 18.4 Å². The molecule has 6 nitrogen and oxygen atoms in total. The third kappa shape index (κ3) is 7.72. The van der Waals surface area contributed by atoms with Crippen molar-refractivity contribution in [2.24, 2.45) is 0 Å². The van der Waals surface area contributed by atoms with E-state index in [1.165, 1.54) is 5.56 Å². The van der Waals surface area contributed by atoms with Crippen molar-refractivity contribution >= 4 is 24.2 Å². The minimum absolute atomic E-state index is 0. The van der Waals surface area contributed by atoms with E-state index in [1.807, 2.05) is 40.1 Å². The van der Waals surface area contributed by atoms with Crippen molar-refractivity contribution in [3.8, 4) is 0 Å². The summed E-state index contributed by atoms with van der Waals surface area (Å²) in [4.78, 5) is 28.4. The van der Waals surface area contributed by atoms with Gasteiger partial charge >= 0.3 is 0 Å². The number of nitrogens with one attached hydrogen (secondary N) is 1. The Hall–Kier alpha value is -1.63. The van der Waals surface area contributed by atoms with Gasteiger partial charge in [-0.15, -0.1) is 12.4 Å². The standard InChI is InChI=1S/C19H29N3O3.ClH/c1-25-15-10-20-16-19(24)22-12-5-11-21(13-14-22)18(23)9-8-17-6-3-2-4-7-17;/h2-4,6-7,20H,5,8-16H2,1H3;1H. The molecule has 0 aromatic heterocycles. The quantitative estimate of drug-likeness (QED) is 0.688. The van der Waals surface area contributed by atoms with E-state index in [-0.39, 0.29) is 24.2 Å². The van der Waals surface area contributed by atoms with Crippen LogP contribution < -0.4 is 5.32 Å². The molecule has 2 amide bonds. The van der Waals surface area contributed by atoms with Gasteiger partial charge in [-0.2, -0.15) is 0 Å². The van der Waals surface area contributed by atoms with Crippen molar-refractivity contribution in [1.82, 2.24) is 15.1 Å². The molecule has 1 aromatic carbocycles. The Kier molecular flexibility index (Phi) is 10.9. The number of ether oxygens (including phenoxy) is 1. The normalized spacial score (nSPS) is 14.5. The van der Waals surface area contributed by atoms with Crippen LogP contribution in [0.25, 0.3) is 0 Å². The van der Waals surface area contributed by atoms with E-state index < -0.39 is 0 Å². The number of benzene rings is 1. The third-order valence-corrected chi connectivity index (χ3v) is 4.43. The fourth-order valence-corrected chi connectivity index (χ4v) is 2.95. The van der Waals surface area contributed by atoms with E-state index in [4.69, 9.17) is 4.74 Å². The van der Waals surface area contributed by atoms with Crippen LogP contribution in [-0.4, -0.2) is 74.6 Å². The molecule has 1 aliphatic heterocycles. The lowest BCUT2D eigenvalue weighted by atomic mass is 10.1. The van der Waals surface area contributed by atoms with Gasteiger partial charge in [0, 0.05) is 46.3 Å². The fraction of sp³-hybridized carbons (Fsp3) is 0.579. The Balaban J connectivity index is 0.00000338. The van der Waals surface area contributed by atoms with E-state index in [9.17, 15) is 9.59 Å². The van der Waals surface area contributed by atoms with Gasteiger partial charge in [0.1, 0.15) is 0 Å². The van der Waals surface area contributed by atoms with Gasteiger partial charge in [0.25, 0.3) is 0 Å². The molecule has 0 atom stereocenters. The molecule has 1 fully saturated rings. The van der Waals surface area contributed by atoms with Crippen molar-refractivity contribution in [3.05, 3.63) is 35.9 Å². The number of carbonyl (C=O) groups excluding carboxylic acids is 2. The number of hydrogen-bond acceptors (Lipinski definition) is 4. The first-order chi connectivity index (χ1) is 12.2. The van der Waals surface area contributed by atoms with Gasteiger partial charge in [0.15, 0.2) is 0 Å². The molecule has 0 saturated carbocycles. The molecule has 0 radical (unpaired) electrons. The lowest BCUT2D eigenvalue weighted by Crippen LogP contribution is -2.41. The number of nitrogens with zero attached hydrogens (tertiary/aromatic N) is 2. The molecule has 7 heteroatoms. The zero-order valence-corrected chi connectivity index (χ0v) is 16.3. The zero-order valence-electron chi connectivity index (χ0n) is 15.5. The fourth-order valence-electron chi connectivity index (χ4n) is 2.95. The van der Waals surface area contributed by atoms with E-state index >= 15 is 0 Å². The van der Waals surface area contributed by atoms with Crippen molar-refractivity contribution in [3.63, 3.8) is 0 Å². The van der Waals surface area contributed by atoms with Crippen LogP contribution in [0.4, 0.5) is 0 Å². The number of aryl methyl sites for hydroxylation is 1. The Morgan fingerprint density at radius 3 is 2.35 bits per heavy atom. The van der Waals surface area contributed by atoms with Gasteiger partial charge in [-0.3, -0.25) is 9.59 Å². The molecule has 146 valence electrons.